The molecule has 102 valence electrons. The summed E-state index contributed by atoms with van der Waals surface area (Å²) in [6, 6.07) is 3.36. The van der Waals surface area contributed by atoms with Crippen LogP contribution in [-0.2, 0) is 4.74 Å². The largest absolute Gasteiger partial charge is 0.488 e. The van der Waals surface area contributed by atoms with Gasteiger partial charge in [0.1, 0.15) is 6.10 Å². The molecule has 1 N–H and O–H groups in total. The maximum absolute atomic E-state index is 11.1. The predicted molar refractivity (Wildman–Crippen MR) is 67.4 cm³/mol. The second-order valence-electron chi connectivity index (χ2n) is 5.27. The summed E-state index contributed by atoms with van der Waals surface area (Å²) in [4.78, 5) is 14.9. The van der Waals surface area contributed by atoms with Crippen molar-refractivity contribution in [3.05, 3.63) is 24.0 Å². The molecule has 1 aromatic heterocycles. The Bertz CT molecular complexity index is 484. The monoisotopic (exact) mass is 263 g/mol. The molecule has 3 rings (SSSR count). The Labute approximate surface area is 111 Å². The highest BCUT2D eigenvalue weighted by Crippen LogP contribution is 2.43. The zero-order valence-corrected chi connectivity index (χ0v) is 10.7. The lowest BCUT2D eigenvalue weighted by Crippen LogP contribution is -2.48. The molecular weight excluding hydrogens is 246 g/mol. The molecule has 1 aliphatic heterocycles. The van der Waals surface area contributed by atoms with Crippen LogP contribution >= 0.6 is 0 Å². The molecule has 5 nitrogen and oxygen atoms in total. The van der Waals surface area contributed by atoms with E-state index in [0.717, 1.165) is 25.7 Å². The summed E-state index contributed by atoms with van der Waals surface area (Å²) in [7, 11) is 0. The Hall–Kier alpha value is -1.62. The van der Waals surface area contributed by atoms with E-state index in [1.54, 1.807) is 12.1 Å². The van der Waals surface area contributed by atoms with Crippen molar-refractivity contribution in [1.82, 2.24) is 4.98 Å². The van der Waals surface area contributed by atoms with Crippen LogP contribution in [-0.4, -0.2) is 34.4 Å². The van der Waals surface area contributed by atoms with E-state index in [1.807, 2.05) is 0 Å². The number of hydrogen-bond donors (Lipinski definition) is 1. The maximum Gasteiger partial charge on any atom is 0.358 e. The number of carboxylic acid groups (broad SMARTS) is 1. The van der Waals surface area contributed by atoms with Crippen molar-refractivity contribution in [3.8, 4) is 5.75 Å². The highest BCUT2D eigenvalue weighted by Gasteiger charge is 2.43. The van der Waals surface area contributed by atoms with Crippen LogP contribution < -0.4 is 4.74 Å². The van der Waals surface area contributed by atoms with Crippen molar-refractivity contribution in [1.29, 1.82) is 0 Å². The number of carbonyl (C=O) groups is 1. The zero-order chi connectivity index (χ0) is 13.3. The van der Waals surface area contributed by atoms with E-state index in [0.29, 0.717) is 12.4 Å². The topological polar surface area (TPSA) is 68.7 Å². The smallest absolute Gasteiger partial charge is 0.358 e. The predicted octanol–water partition coefficient (Wildman–Crippen LogP) is 2.26. The van der Waals surface area contributed by atoms with Crippen molar-refractivity contribution >= 4 is 5.97 Å². The van der Waals surface area contributed by atoms with Crippen molar-refractivity contribution in [2.24, 2.45) is 0 Å². The Morgan fingerprint density at radius 1 is 1.53 bits per heavy atom. The minimum absolute atomic E-state index is 0.00544. The highest BCUT2D eigenvalue weighted by molar-refractivity contribution is 5.88. The summed E-state index contributed by atoms with van der Waals surface area (Å²) >= 11 is 0. The Morgan fingerprint density at radius 2 is 2.37 bits per heavy atom. The van der Waals surface area contributed by atoms with Crippen molar-refractivity contribution in [3.63, 3.8) is 0 Å². The van der Waals surface area contributed by atoms with Crippen molar-refractivity contribution in [2.45, 2.75) is 43.8 Å². The molecule has 1 aromatic rings. The van der Waals surface area contributed by atoms with Crippen molar-refractivity contribution in [2.75, 3.05) is 6.61 Å². The standard InChI is InChI=1S/C14H17NO4/c16-13(17)12-11(3-1-7-15-12)19-10-4-8-18-14(9-10)5-2-6-14/h1,3,7,10H,2,4-6,8-9H2,(H,16,17). The van der Waals surface area contributed by atoms with E-state index < -0.39 is 5.97 Å². The average Bonchev–Trinajstić information content (AvgIpc) is 2.37. The van der Waals surface area contributed by atoms with Crippen LogP contribution in [0.15, 0.2) is 18.3 Å². The first-order valence-corrected chi connectivity index (χ1v) is 6.67. The molecular formula is C14H17NO4. The van der Waals surface area contributed by atoms with E-state index in [1.165, 1.54) is 12.6 Å². The quantitative estimate of drug-likeness (QED) is 0.905. The molecule has 0 amide bonds. The second-order valence-corrected chi connectivity index (χ2v) is 5.27. The number of rotatable bonds is 3. The fraction of sp³-hybridized carbons (Fsp3) is 0.571. The number of pyridine rings is 1. The summed E-state index contributed by atoms with van der Waals surface area (Å²) in [5.74, 6) is -0.697. The number of aromatic carboxylic acids is 1. The van der Waals surface area contributed by atoms with E-state index in [9.17, 15) is 4.79 Å². The van der Waals surface area contributed by atoms with Crippen LogP contribution in [0.4, 0.5) is 0 Å². The van der Waals surface area contributed by atoms with E-state index in [2.05, 4.69) is 4.98 Å². The first-order valence-electron chi connectivity index (χ1n) is 6.67. The highest BCUT2D eigenvalue weighted by atomic mass is 16.5. The number of aromatic nitrogens is 1. The molecule has 5 heteroatoms. The van der Waals surface area contributed by atoms with Crippen LogP contribution in [0.1, 0.15) is 42.6 Å². The first-order chi connectivity index (χ1) is 9.19. The summed E-state index contributed by atoms with van der Waals surface area (Å²) in [5, 5.41) is 9.09. The maximum atomic E-state index is 11.1. The third-order valence-electron chi connectivity index (χ3n) is 3.98. The van der Waals surface area contributed by atoms with E-state index in [4.69, 9.17) is 14.6 Å². The van der Waals surface area contributed by atoms with E-state index in [-0.39, 0.29) is 17.4 Å². The van der Waals surface area contributed by atoms with Gasteiger partial charge in [-0.1, -0.05) is 0 Å². The summed E-state index contributed by atoms with van der Waals surface area (Å²) in [6.07, 6.45) is 6.53. The van der Waals surface area contributed by atoms with E-state index >= 15 is 0 Å². The van der Waals surface area contributed by atoms with Crippen LogP contribution in [0.2, 0.25) is 0 Å². The summed E-state index contributed by atoms with van der Waals surface area (Å²) in [6.45, 7) is 0.688. The Morgan fingerprint density at radius 3 is 3.05 bits per heavy atom. The van der Waals surface area contributed by atoms with Crippen LogP contribution in [0.25, 0.3) is 0 Å². The molecule has 2 aliphatic rings. The lowest BCUT2D eigenvalue weighted by Gasteiger charge is -2.46. The first kappa shape index (κ1) is 12.4. The number of carboxylic acids is 1. The SMILES string of the molecule is O=C(O)c1ncccc1OC1CCOC2(CCC2)C1. The second kappa shape index (κ2) is 4.81. The van der Waals surface area contributed by atoms with Gasteiger partial charge in [-0.15, -0.1) is 0 Å². The Balaban J connectivity index is 1.72. The fourth-order valence-electron chi connectivity index (χ4n) is 2.83. The van der Waals surface area contributed by atoms with Gasteiger partial charge in [0.2, 0.25) is 0 Å². The molecule has 1 spiro atoms. The molecule has 1 aliphatic carbocycles. The van der Waals surface area contributed by atoms with Crippen molar-refractivity contribution < 1.29 is 19.4 Å². The number of hydrogen-bond acceptors (Lipinski definition) is 4. The Kier molecular flexibility index (Phi) is 3.14. The molecule has 19 heavy (non-hydrogen) atoms. The molecule has 1 saturated heterocycles. The molecule has 1 unspecified atom stereocenters. The third kappa shape index (κ3) is 2.42. The third-order valence-corrected chi connectivity index (χ3v) is 3.98. The average molecular weight is 263 g/mol. The van der Waals surface area contributed by atoms with Gasteiger partial charge in [0, 0.05) is 19.0 Å². The molecule has 0 radical (unpaired) electrons. The minimum Gasteiger partial charge on any atom is -0.488 e. The molecule has 0 aromatic carbocycles. The lowest BCUT2D eigenvalue weighted by molar-refractivity contribution is -0.153. The molecule has 2 heterocycles. The van der Waals surface area contributed by atoms with Crippen LogP contribution in [0.5, 0.6) is 5.75 Å². The molecule has 1 saturated carbocycles. The molecule has 2 fully saturated rings. The normalized spacial score (nSPS) is 24.7. The summed E-state index contributed by atoms with van der Waals surface area (Å²) < 4.78 is 11.7. The van der Waals surface area contributed by atoms with Gasteiger partial charge in [0.05, 0.1) is 12.2 Å². The van der Waals surface area contributed by atoms with Gasteiger partial charge in [-0.25, -0.2) is 9.78 Å². The minimum atomic E-state index is -1.05. The van der Waals surface area contributed by atoms with Gasteiger partial charge in [-0.05, 0) is 31.4 Å². The zero-order valence-electron chi connectivity index (χ0n) is 10.7. The lowest BCUT2D eigenvalue weighted by atomic mass is 9.74. The molecule has 0 bridgehead atoms. The number of ether oxygens (including phenoxy) is 2. The van der Waals surface area contributed by atoms with Crippen LogP contribution in [0, 0.1) is 0 Å². The van der Waals surface area contributed by atoms with Gasteiger partial charge in [-0.3, -0.25) is 0 Å². The molecule has 1 atom stereocenters. The van der Waals surface area contributed by atoms with Gasteiger partial charge in [0.25, 0.3) is 0 Å². The summed E-state index contributed by atoms with van der Waals surface area (Å²) in [5.41, 5.74) is -0.0224. The van der Waals surface area contributed by atoms with Gasteiger partial charge >= 0.3 is 5.97 Å². The van der Waals surface area contributed by atoms with Crippen LogP contribution in [0.3, 0.4) is 0 Å². The van der Waals surface area contributed by atoms with Gasteiger partial charge < -0.3 is 14.6 Å². The van der Waals surface area contributed by atoms with Gasteiger partial charge in [0.15, 0.2) is 11.4 Å². The van der Waals surface area contributed by atoms with Gasteiger partial charge in [-0.2, -0.15) is 0 Å². The number of nitrogens with zero attached hydrogens (tertiary/aromatic N) is 1. The fourth-order valence-corrected chi connectivity index (χ4v) is 2.83.